The molecule has 0 bridgehead atoms. The second-order valence-electron chi connectivity index (χ2n) is 7.36. The minimum absolute atomic E-state index is 0.00262. The van der Waals surface area contributed by atoms with E-state index in [1.807, 2.05) is 0 Å². The highest BCUT2D eigenvalue weighted by molar-refractivity contribution is 7.89. The van der Waals surface area contributed by atoms with Crippen LogP contribution in [0.4, 0.5) is 10.1 Å². The second-order valence-corrected chi connectivity index (χ2v) is 9.30. The van der Waals surface area contributed by atoms with Crippen molar-refractivity contribution in [2.45, 2.75) is 11.8 Å². The number of para-hydroxylation sites is 1. The van der Waals surface area contributed by atoms with Gasteiger partial charge in [-0.2, -0.15) is 9.40 Å². The summed E-state index contributed by atoms with van der Waals surface area (Å²) >= 11 is 0. The number of amides is 1. The zero-order valence-electron chi connectivity index (χ0n) is 17.7. The Morgan fingerprint density at radius 3 is 2.55 bits per heavy atom. The van der Waals surface area contributed by atoms with Crippen LogP contribution < -0.4 is 10.7 Å². The summed E-state index contributed by atoms with van der Waals surface area (Å²) in [5.41, 5.74) is -0.489. The van der Waals surface area contributed by atoms with Gasteiger partial charge in [-0.1, -0.05) is 18.2 Å². The molecule has 172 valence electrons. The van der Waals surface area contributed by atoms with Gasteiger partial charge in [0.2, 0.25) is 15.5 Å². The zero-order chi connectivity index (χ0) is 23.6. The predicted octanol–water partition coefficient (Wildman–Crippen LogP) is 1.95. The van der Waals surface area contributed by atoms with Gasteiger partial charge in [-0.05, 0) is 37.3 Å². The summed E-state index contributed by atoms with van der Waals surface area (Å²) in [6, 6.07) is 12.8. The molecule has 1 fully saturated rings. The molecular formula is C22H21FN4O5S. The quantitative estimate of drug-likeness (QED) is 0.608. The Morgan fingerprint density at radius 1 is 1.09 bits per heavy atom. The number of hydrogen-bond acceptors (Lipinski definition) is 6. The summed E-state index contributed by atoms with van der Waals surface area (Å²) in [7, 11) is -3.77. The summed E-state index contributed by atoms with van der Waals surface area (Å²) in [6.45, 7) is 2.66. The standard InChI is InChI=1S/C22H21FN4O5S/c1-15-13-20(28)21(25-27(15)19-8-3-2-7-18(19)23)22(29)24-16-5-4-6-17(14-16)33(30,31)26-9-11-32-12-10-26/h2-8,13-14H,9-12H2,1H3,(H,24,29). The molecule has 1 saturated heterocycles. The van der Waals surface area contributed by atoms with Crippen molar-refractivity contribution in [2.24, 2.45) is 0 Å². The Bertz CT molecular complexity index is 1370. The number of morpholine rings is 1. The van der Waals surface area contributed by atoms with Crippen molar-refractivity contribution >= 4 is 21.6 Å². The van der Waals surface area contributed by atoms with E-state index in [4.69, 9.17) is 4.74 Å². The van der Waals surface area contributed by atoms with Crippen molar-refractivity contribution < 1.29 is 22.3 Å². The molecule has 2 heterocycles. The Hall–Kier alpha value is -3.41. The van der Waals surface area contributed by atoms with Crippen molar-refractivity contribution in [3.8, 4) is 5.69 Å². The van der Waals surface area contributed by atoms with E-state index in [9.17, 15) is 22.4 Å². The van der Waals surface area contributed by atoms with Crippen molar-refractivity contribution in [2.75, 3.05) is 31.6 Å². The van der Waals surface area contributed by atoms with E-state index >= 15 is 0 Å². The van der Waals surface area contributed by atoms with Crippen LogP contribution >= 0.6 is 0 Å². The summed E-state index contributed by atoms with van der Waals surface area (Å²) in [4.78, 5) is 25.3. The molecule has 3 aromatic rings. The topological polar surface area (TPSA) is 111 Å². The molecule has 0 spiro atoms. The zero-order valence-corrected chi connectivity index (χ0v) is 18.5. The van der Waals surface area contributed by atoms with Crippen molar-refractivity contribution in [3.05, 3.63) is 82.0 Å². The Kier molecular flexibility index (Phi) is 6.36. The highest BCUT2D eigenvalue weighted by atomic mass is 32.2. The largest absolute Gasteiger partial charge is 0.379 e. The van der Waals surface area contributed by atoms with E-state index in [0.29, 0.717) is 18.9 Å². The summed E-state index contributed by atoms with van der Waals surface area (Å²) in [5, 5.41) is 6.57. The summed E-state index contributed by atoms with van der Waals surface area (Å²) in [5.74, 6) is -1.41. The van der Waals surface area contributed by atoms with Gasteiger partial charge >= 0.3 is 0 Å². The Labute approximate surface area is 189 Å². The molecule has 1 aliphatic heterocycles. The average molecular weight is 472 g/mol. The Balaban J connectivity index is 1.63. The second kappa shape index (κ2) is 9.22. The molecule has 0 atom stereocenters. The molecule has 1 amide bonds. The number of sulfonamides is 1. The van der Waals surface area contributed by atoms with E-state index in [1.54, 1.807) is 13.0 Å². The molecule has 0 saturated carbocycles. The van der Waals surface area contributed by atoms with Crippen molar-refractivity contribution in [1.29, 1.82) is 0 Å². The number of benzene rings is 2. The van der Waals surface area contributed by atoms with E-state index in [-0.39, 0.29) is 29.4 Å². The molecule has 2 aromatic carbocycles. The number of ether oxygens (including phenoxy) is 1. The monoisotopic (exact) mass is 472 g/mol. The van der Waals surface area contributed by atoms with Crippen LogP contribution in [0.1, 0.15) is 16.2 Å². The molecular weight excluding hydrogens is 451 g/mol. The lowest BCUT2D eigenvalue weighted by molar-refractivity contribution is 0.0730. The minimum Gasteiger partial charge on any atom is -0.379 e. The molecule has 9 nitrogen and oxygen atoms in total. The number of carbonyl (C=O) groups is 1. The number of halogens is 1. The van der Waals surface area contributed by atoms with Gasteiger partial charge in [-0.3, -0.25) is 9.59 Å². The van der Waals surface area contributed by atoms with Crippen molar-refractivity contribution in [1.82, 2.24) is 14.1 Å². The van der Waals surface area contributed by atoms with E-state index in [0.717, 1.165) is 0 Å². The molecule has 1 aromatic heterocycles. The van der Waals surface area contributed by atoms with Crippen LogP contribution in [0.3, 0.4) is 0 Å². The molecule has 4 rings (SSSR count). The number of nitrogens with zero attached hydrogens (tertiary/aromatic N) is 3. The summed E-state index contributed by atoms with van der Waals surface area (Å²) < 4.78 is 47.7. The normalized spacial score (nSPS) is 14.7. The third-order valence-corrected chi connectivity index (χ3v) is 7.00. The molecule has 11 heteroatoms. The molecule has 1 N–H and O–H groups in total. The van der Waals surface area contributed by atoms with Gasteiger partial charge < -0.3 is 10.1 Å². The number of carbonyl (C=O) groups excluding carboxylic acids is 1. The smallest absolute Gasteiger partial charge is 0.280 e. The van der Waals surface area contributed by atoms with Gasteiger partial charge in [0.05, 0.1) is 18.1 Å². The lowest BCUT2D eigenvalue weighted by Gasteiger charge is -2.26. The first-order valence-electron chi connectivity index (χ1n) is 10.1. The van der Waals surface area contributed by atoms with Crippen LogP contribution in [0.5, 0.6) is 0 Å². The highest BCUT2D eigenvalue weighted by Gasteiger charge is 2.26. The maximum Gasteiger partial charge on any atom is 0.280 e. The van der Waals surface area contributed by atoms with Crippen LogP contribution in [0, 0.1) is 12.7 Å². The summed E-state index contributed by atoms with van der Waals surface area (Å²) in [6.07, 6.45) is 0. The van der Waals surface area contributed by atoms with Crippen LogP contribution in [0.25, 0.3) is 5.69 Å². The van der Waals surface area contributed by atoms with Gasteiger partial charge in [-0.15, -0.1) is 0 Å². The predicted molar refractivity (Wildman–Crippen MR) is 119 cm³/mol. The first kappa shape index (κ1) is 22.8. The first-order valence-corrected chi connectivity index (χ1v) is 11.6. The number of anilines is 1. The maximum atomic E-state index is 14.2. The molecule has 33 heavy (non-hydrogen) atoms. The molecule has 0 unspecified atom stereocenters. The number of aromatic nitrogens is 2. The SMILES string of the molecule is Cc1cc(=O)c(C(=O)Nc2cccc(S(=O)(=O)N3CCOCC3)c2)nn1-c1ccccc1F. The molecule has 0 radical (unpaired) electrons. The molecule has 0 aliphatic carbocycles. The first-order chi connectivity index (χ1) is 15.8. The van der Waals surface area contributed by atoms with Crippen LogP contribution in [-0.4, -0.2) is 54.7 Å². The Morgan fingerprint density at radius 2 is 1.82 bits per heavy atom. The van der Waals surface area contributed by atoms with Gasteiger partial charge in [0.15, 0.2) is 5.69 Å². The van der Waals surface area contributed by atoms with Crippen LogP contribution in [0.2, 0.25) is 0 Å². The minimum atomic E-state index is -3.77. The van der Waals surface area contributed by atoms with Gasteiger partial charge in [0.1, 0.15) is 11.5 Å². The average Bonchev–Trinajstić information content (AvgIpc) is 2.80. The van der Waals surface area contributed by atoms with Gasteiger partial charge in [-0.25, -0.2) is 17.5 Å². The van der Waals surface area contributed by atoms with Gasteiger partial charge in [0, 0.05) is 30.5 Å². The number of nitrogens with one attached hydrogen (secondary N) is 1. The number of hydrogen-bond donors (Lipinski definition) is 1. The molecule has 1 aliphatic rings. The van der Waals surface area contributed by atoms with E-state index < -0.39 is 32.9 Å². The fraction of sp³-hybridized carbons (Fsp3) is 0.227. The fourth-order valence-corrected chi connectivity index (χ4v) is 4.89. The highest BCUT2D eigenvalue weighted by Crippen LogP contribution is 2.21. The number of aryl methyl sites for hydroxylation is 1. The lowest BCUT2D eigenvalue weighted by Crippen LogP contribution is -2.40. The van der Waals surface area contributed by atoms with Crippen LogP contribution in [-0.2, 0) is 14.8 Å². The maximum absolute atomic E-state index is 14.2. The third kappa shape index (κ3) is 4.70. The lowest BCUT2D eigenvalue weighted by atomic mass is 10.2. The van der Waals surface area contributed by atoms with E-state index in [1.165, 1.54) is 57.5 Å². The van der Waals surface area contributed by atoms with Crippen LogP contribution in [0.15, 0.2) is 64.3 Å². The van der Waals surface area contributed by atoms with E-state index in [2.05, 4.69) is 10.4 Å². The van der Waals surface area contributed by atoms with Gasteiger partial charge in [0.25, 0.3) is 5.91 Å². The third-order valence-electron chi connectivity index (χ3n) is 5.10. The number of rotatable bonds is 5. The fourth-order valence-electron chi connectivity index (χ4n) is 3.43. The van der Waals surface area contributed by atoms with Crippen molar-refractivity contribution in [3.63, 3.8) is 0 Å².